The van der Waals surface area contributed by atoms with Gasteiger partial charge in [0.15, 0.2) is 0 Å². The number of halogens is 1. The summed E-state index contributed by atoms with van der Waals surface area (Å²) in [4.78, 5) is 17.2. The number of aryl methyl sites for hydroxylation is 2. The molecule has 6 heteroatoms. The Balaban J connectivity index is 0.000000229. The Morgan fingerprint density at radius 3 is 1.77 bits per heavy atom. The minimum absolute atomic E-state index is 0. The van der Waals surface area contributed by atoms with E-state index in [1.807, 2.05) is 54.9 Å². The van der Waals surface area contributed by atoms with E-state index in [0.717, 1.165) is 34.5 Å². The normalized spacial score (nSPS) is 9.87. The zero-order valence-corrected chi connectivity index (χ0v) is 20.8. The summed E-state index contributed by atoms with van der Waals surface area (Å²) in [7, 11) is 0. The second kappa shape index (κ2) is 13.9. The maximum Gasteiger partial charge on any atom is 0.0888 e. The minimum Gasteiger partial charge on any atom is -0.255 e. The van der Waals surface area contributed by atoms with Crippen LogP contribution >= 0.6 is 15.9 Å². The Morgan fingerprint density at radius 2 is 1.23 bits per heavy atom. The molecule has 4 aromatic heterocycles. The molecule has 4 nitrogen and oxygen atoms in total. The first-order valence-electron chi connectivity index (χ1n) is 10.0. The monoisotopic (exact) mass is 562 g/mol. The number of nitrogens with zero attached hydrogens (tertiary/aromatic N) is 4. The van der Waals surface area contributed by atoms with Gasteiger partial charge in [-0.3, -0.25) is 19.9 Å². The summed E-state index contributed by atoms with van der Waals surface area (Å²) in [5.41, 5.74) is 6.30. The van der Waals surface area contributed by atoms with Crippen molar-refractivity contribution in [2.75, 3.05) is 5.33 Å². The molecule has 4 heterocycles. The first-order chi connectivity index (χ1) is 14.8. The van der Waals surface area contributed by atoms with Crippen LogP contribution in [0.1, 0.15) is 24.0 Å². The van der Waals surface area contributed by atoms with Gasteiger partial charge in [0.2, 0.25) is 0 Å². The van der Waals surface area contributed by atoms with Crippen molar-refractivity contribution in [2.24, 2.45) is 0 Å². The van der Waals surface area contributed by atoms with Crippen LogP contribution in [0.4, 0.5) is 0 Å². The molecule has 0 aliphatic carbocycles. The quantitative estimate of drug-likeness (QED) is 0.157. The summed E-state index contributed by atoms with van der Waals surface area (Å²) in [6, 6.07) is 19.9. The van der Waals surface area contributed by atoms with Crippen LogP contribution in [-0.4, -0.2) is 25.3 Å². The average Bonchev–Trinajstić information content (AvgIpc) is 2.81. The van der Waals surface area contributed by atoms with E-state index in [4.69, 9.17) is 0 Å². The van der Waals surface area contributed by atoms with Crippen LogP contribution in [0.5, 0.6) is 0 Å². The number of hydrogen-bond donors (Lipinski definition) is 0. The summed E-state index contributed by atoms with van der Waals surface area (Å²) in [6.07, 6.45) is 10.8. The summed E-state index contributed by atoms with van der Waals surface area (Å²) in [5.74, 6) is 0. The maximum atomic E-state index is 4.41. The molecular formula is C25H25BrN4Ru. The molecule has 160 valence electrons. The van der Waals surface area contributed by atoms with Gasteiger partial charge >= 0.3 is 0 Å². The third kappa shape index (κ3) is 8.39. The van der Waals surface area contributed by atoms with Crippen LogP contribution in [0.3, 0.4) is 0 Å². The van der Waals surface area contributed by atoms with E-state index in [1.54, 1.807) is 12.4 Å². The van der Waals surface area contributed by atoms with Crippen molar-refractivity contribution in [2.45, 2.75) is 26.2 Å². The Bertz CT molecular complexity index is 992. The van der Waals surface area contributed by atoms with Gasteiger partial charge in [-0.15, -0.1) is 0 Å². The van der Waals surface area contributed by atoms with Gasteiger partial charge in [-0.05, 0) is 85.8 Å². The van der Waals surface area contributed by atoms with Crippen molar-refractivity contribution in [1.82, 2.24) is 19.9 Å². The molecule has 4 rings (SSSR count). The number of aromatic nitrogens is 4. The van der Waals surface area contributed by atoms with Gasteiger partial charge in [0, 0.05) is 49.6 Å². The summed E-state index contributed by atoms with van der Waals surface area (Å²) in [6.45, 7) is 2.07. The fraction of sp³-hybridized carbons (Fsp3) is 0.200. The zero-order chi connectivity index (χ0) is 21.0. The minimum atomic E-state index is 0. The molecule has 0 unspecified atom stereocenters. The molecule has 0 atom stereocenters. The van der Waals surface area contributed by atoms with Crippen LogP contribution in [0.2, 0.25) is 0 Å². The van der Waals surface area contributed by atoms with Crippen LogP contribution in [-0.2, 0) is 25.9 Å². The topological polar surface area (TPSA) is 51.6 Å². The van der Waals surface area contributed by atoms with Crippen molar-refractivity contribution in [3.8, 4) is 22.8 Å². The van der Waals surface area contributed by atoms with Gasteiger partial charge < -0.3 is 0 Å². The van der Waals surface area contributed by atoms with Crippen molar-refractivity contribution < 1.29 is 19.5 Å². The summed E-state index contributed by atoms with van der Waals surface area (Å²) in [5, 5.41) is 1.07. The molecule has 0 radical (unpaired) electrons. The number of alkyl halides is 1. The van der Waals surface area contributed by atoms with E-state index in [1.165, 1.54) is 24.0 Å². The third-order valence-electron chi connectivity index (χ3n) is 4.44. The molecule has 0 spiro atoms. The molecule has 0 aliphatic rings. The Morgan fingerprint density at radius 1 is 0.645 bits per heavy atom. The Hall–Kier alpha value is -2.30. The van der Waals surface area contributed by atoms with Crippen molar-refractivity contribution >= 4 is 15.9 Å². The van der Waals surface area contributed by atoms with Gasteiger partial charge in [0.25, 0.3) is 0 Å². The molecule has 0 amide bonds. The molecule has 0 N–H and O–H groups in total. The van der Waals surface area contributed by atoms with Crippen LogP contribution < -0.4 is 0 Å². The molecule has 0 aromatic carbocycles. The number of unbranched alkanes of at least 4 members (excludes halogenated alkanes) is 1. The third-order valence-corrected chi connectivity index (χ3v) is 5.00. The van der Waals surface area contributed by atoms with E-state index in [0.29, 0.717) is 0 Å². The van der Waals surface area contributed by atoms with E-state index >= 15 is 0 Å². The van der Waals surface area contributed by atoms with Crippen LogP contribution in [0.15, 0.2) is 85.5 Å². The van der Waals surface area contributed by atoms with Gasteiger partial charge in [-0.1, -0.05) is 28.1 Å². The van der Waals surface area contributed by atoms with Crippen molar-refractivity contribution in [1.29, 1.82) is 0 Å². The van der Waals surface area contributed by atoms with E-state index < -0.39 is 0 Å². The van der Waals surface area contributed by atoms with Crippen LogP contribution in [0, 0.1) is 6.92 Å². The molecular weight excluding hydrogens is 537 g/mol. The van der Waals surface area contributed by atoms with E-state index in [2.05, 4.69) is 61.0 Å². The number of rotatable bonds is 6. The predicted molar refractivity (Wildman–Crippen MR) is 126 cm³/mol. The number of hydrogen-bond acceptors (Lipinski definition) is 4. The Labute approximate surface area is 205 Å². The first kappa shape index (κ1) is 25.0. The molecule has 0 aliphatic heterocycles. The Kier molecular flexibility index (Phi) is 11.2. The first-order valence-corrected chi connectivity index (χ1v) is 11.1. The average molecular weight is 562 g/mol. The standard InChI is InChI=1S/C15H17BrN2.C10H8N2.Ru/c1-12-5-8-17-14(10-12)15-11-13(6-9-18-15)4-2-3-7-16;1-3-7-11-9(5-1)10-6-2-4-8-12-10;/h5-6,8-11H,2-4,7H2,1H3;1-8H;. The fourth-order valence-corrected chi connectivity index (χ4v) is 3.29. The SMILES string of the molecule is Cc1ccnc(-c2cc(CCCCBr)ccn2)c1.[Ru].c1ccc(-c2ccccn2)nc1. The van der Waals surface area contributed by atoms with Gasteiger partial charge in [-0.25, -0.2) is 0 Å². The second-order valence-corrected chi connectivity index (χ2v) is 7.64. The van der Waals surface area contributed by atoms with Crippen LogP contribution in [0.25, 0.3) is 22.8 Å². The number of pyridine rings is 4. The van der Waals surface area contributed by atoms with E-state index in [-0.39, 0.29) is 19.5 Å². The van der Waals surface area contributed by atoms with Crippen molar-refractivity contribution in [3.05, 3.63) is 96.6 Å². The summed E-state index contributed by atoms with van der Waals surface area (Å²) >= 11 is 3.46. The molecule has 0 saturated heterocycles. The molecule has 0 saturated carbocycles. The smallest absolute Gasteiger partial charge is 0.0888 e. The molecule has 31 heavy (non-hydrogen) atoms. The predicted octanol–water partition coefficient (Wildman–Crippen LogP) is 6.31. The fourth-order valence-electron chi connectivity index (χ4n) is 2.90. The zero-order valence-electron chi connectivity index (χ0n) is 17.4. The van der Waals surface area contributed by atoms with E-state index in [9.17, 15) is 0 Å². The molecule has 4 aromatic rings. The van der Waals surface area contributed by atoms with Gasteiger partial charge in [-0.2, -0.15) is 0 Å². The van der Waals surface area contributed by atoms with Gasteiger partial charge in [0.1, 0.15) is 0 Å². The largest absolute Gasteiger partial charge is 0.255 e. The maximum absolute atomic E-state index is 4.41. The van der Waals surface area contributed by atoms with Gasteiger partial charge in [0.05, 0.1) is 22.8 Å². The van der Waals surface area contributed by atoms with Crippen molar-refractivity contribution in [3.63, 3.8) is 0 Å². The molecule has 0 bridgehead atoms. The molecule has 0 fully saturated rings. The second-order valence-electron chi connectivity index (χ2n) is 6.84. The summed E-state index contributed by atoms with van der Waals surface area (Å²) < 4.78 is 0.